The van der Waals surface area contributed by atoms with Crippen molar-refractivity contribution in [2.24, 2.45) is 68.0 Å². The number of hydrogen-bond acceptors (Lipinski definition) is 0. The molecule has 0 aliphatic heterocycles. The van der Waals surface area contributed by atoms with E-state index in [9.17, 15) is 0 Å². The molecule has 0 radical (unpaired) electrons. The zero-order valence-corrected chi connectivity index (χ0v) is 20.6. The van der Waals surface area contributed by atoms with Crippen LogP contribution in [-0.4, -0.2) is 0 Å². The molecule has 0 N–H and O–H groups in total. The molecule has 0 spiro atoms. The molecule has 0 aromatic rings. The largest absolute Gasteiger partial charge is 0.0683 e. The fourth-order valence-corrected chi connectivity index (χ4v) is 10.8. The van der Waals surface area contributed by atoms with Gasteiger partial charge in [0.15, 0.2) is 0 Å². The van der Waals surface area contributed by atoms with E-state index in [1.807, 2.05) is 13.8 Å². The van der Waals surface area contributed by atoms with Crippen LogP contribution >= 0.6 is 0 Å². The highest BCUT2D eigenvalue weighted by atomic mass is 15.1. The van der Waals surface area contributed by atoms with Gasteiger partial charge in [0.25, 0.3) is 0 Å². The van der Waals surface area contributed by atoms with Gasteiger partial charge in [-0.05, 0) is 80.8 Å². The van der Waals surface area contributed by atoms with Crippen LogP contribution in [0, 0.1) is 68.0 Å². The van der Waals surface area contributed by atoms with Gasteiger partial charge < -0.3 is 0 Å². The highest BCUT2D eigenvalue weighted by Gasteiger charge is 3.08. The molecule has 0 aromatic heterocycles. The molecule has 0 nitrogen and oxygen atoms in total. The predicted molar refractivity (Wildman–Crippen MR) is 117 cm³/mol. The SMILES string of the molecule is CC.CCC(C)(C)C(C)(CC)C(C)(C)C(C)(C)CC12C3C4C5C3C1C5(C)C42. The minimum atomic E-state index is 0.352. The van der Waals surface area contributed by atoms with Gasteiger partial charge in [0.2, 0.25) is 0 Å². The molecule has 0 bridgehead atoms. The first kappa shape index (κ1) is 20.3. The molecule has 6 saturated carbocycles. The summed E-state index contributed by atoms with van der Waals surface area (Å²) < 4.78 is 0. The molecule has 6 aliphatic rings. The van der Waals surface area contributed by atoms with Crippen LogP contribution in [0.2, 0.25) is 0 Å². The molecular weight excluding hydrogens is 324 g/mol. The third kappa shape index (κ3) is 1.53. The van der Waals surface area contributed by atoms with Gasteiger partial charge in [-0.1, -0.05) is 89.5 Å². The van der Waals surface area contributed by atoms with Crippen LogP contribution in [0.15, 0.2) is 0 Å². The summed E-state index contributed by atoms with van der Waals surface area (Å²) in [6.45, 7) is 29.7. The molecule has 0 saturated heterocycles. The Morgan fingerprint density at radius 1 is 0.704 bits per heavy atom. The maximum atomic E-state index is 2.65. The molecule has 6 aliphatic carbocycles. The van der Waals surface area contributed by atoms with Crippen molar-refractivity contribution < 1.29 is 0 Å². The van der Waals surface area contributed by atoms with Crippen LogP contribution in [-0.2, 0) is 0 Å². The van der Waals surface area contributed by atoms with Crippen LogP contribution in [0.25, 0.3) is 0 Å². The standard InChI is InChI=1S/C25H42.C2H6/c1-11-20(3,4)23(9,12-2)22(7,8)21(5,6)13-25-17-14-16-15(17)19(25)24(16,10)18(14)25;1-2/h14-19H,11-13H2,1-10H3;1-2H3. The lowest BCUT2D eigenvalue weighted by Gasteiger charge is -3.12. The summed E-state index contributed by atoms with van der Waals surface area (Å²) in [6, 6.07) is 0. The summed E-state index contributed by atoms with van der Waals surface area (Å²) in [5.74, 6) is 7.06. The Morgan fingerprint density at radius 2 is 1.19 bits per heavy atom. The normalized spacial score (nSPS) is 49.8. The Balaban J connectivity index is 0.000000872. The van der Waals surface area contributed by atoms with Crippen LogP contribution in [0.4, 0.5) is 0 Å². The molecule has 6 fully saturated rings. The molecule has 156 valence electrons. The average molecular weight is 373 g/mol. The van der Waals surface area contributed by atoms with Crippen molar-refractivity contribution in [1.82, 2.24) is 0 Å². The summed E-state index contributed by atoms with van der Waals surface area (Å²) in [4.78, 5) is 0. The topological polar surface area (TPSA) is 0 Å². The smallest absolute Gasteiger partial charge is 0.0185 e. The van der Waals surface area contributed by atoms with E-state index in [4.69, 9.17) is 0 Å². The second-order valence-electron chi connectivity index (χ2n) is 13.2. The zero-order valence-electron chi connectivity index (χ0n) is 20.6. The van der Waals surface area contributed by atoms with E-state index in [-0.39, 0.29) is 0 Å². The molecule has 0 heterocycles. The Hall–Kier alpha value is 0. The monoisotopic (exact) mass is 372 g/mol. The third-order valence-corrected chi connectivity index (χ3v) is 13.2. The fraction of sp³-hybridized carbons (Fsp3) is 1.00. The Bertz CT molecular complexity index is 629. The highest BCUT2D eigenvalue weighted by Crippen LogP contribution is 3.11. The molecular formula is C27H48. The zero-order chi connectivity index (χ0) is 20.6. The first-order valence-electron chi connectivity index (χ1n) is 12.3. The number of rotatable bonds is 7. The molecule has 0 amide bonds. The lowest BCUT2D eigenvalue weighted by atomic mass is 8.92. The van der Waals surface area contributed by atoms with Gasteiger partial charge >= 0.3 is 0 Å². The van der Waals surface area contributed by atoms with Gasteiger partial charge in [-0.25, -0.2) is 0 Å². The van der Waals surface area contributed by atoms with E-state index in [0.29, 0.717) is 21.7 Å². The van der Waals surface area contributed by atoms with Crippen LogP contribution in [0.1, 0.15) is 102 Å². The Morgan fingerprint density at radius 3 is 1.56 bits per heavy atom. The summed E-state index contributed by atoms with van der Waals surface area (Å²) in [6.07, 6.45) is 4.08. The van der Waals surface area contributed by atoms with Gasteiger partial charge in [0, 0.05) is 0 Å². The fourth-order valence-electron chi connectivity index (χ4n) is 10.8. The summed E-state index contributed by atoms with van der Waals surface area (Å²) in [7, 11) is 0. The summed E-state index contributed by atoms with van der Waals surface area (Å²) in [5.41, 5.74) is 3.18. The minimum absolute atomic E-state index is 0.352. The van der Waals surface area contributed by atoms with Crippen LogP contribution in [0.3, 0.4) is 0 Å². The van der Waals surface area contributed by atoms with E-state index in [2.05, 4.69) is 69.2 Å². The quantitative estimate of drug-likeness (QED) is 0.424. The van der Waals surface area contributed by atoms with Crippen molar-refractivity contribution in [2.75, 3.05) is 0 Å². The van der Waals surface area contributed by atoms with Crippen molar-refractivity contribution in [3.63, 3.8) is 0 Å². The van der Waals surface area contributed by atoms with Crippen LogP contribution < -0.4 is 0 Å². The maximum absolute atomic E-state index is 2.65. The molecule has 6 rings (SSSR count). The van der Waals surface area contributed by atoms with Crippen molar-refractivity contribution in [2.45, 2.75) is 102 Å². The second-order valence-corrected chi connectivity index (χ2v) is 13.2. The van der Waals surface area contributed by atoms with Crippen molar-refractivity contribution in [3.8, 4) is 0 Å². The summed E-state index contributed by atoms with van der Waals surface area (Å²) in [5, 5.41) is 0. The maximum Gasteiger partial charge on any atom is -0.0185 e. The summed E-state index contributed by atoms with van der Waals surface area (Å²) >= 11 is 0. The van der Waals surface area contributed by atoms with Crippen LogP contribution in [0.5, 0.6) is 0 Å². The molecule has 5 unspecified atom stereocenters. The van der Waals surface area contributed by atoms with Gasteiger partial charge in [0.05, 0.1) is 0 Å². The van der Waals surface area contributed by atoms with Crippen molar-refractivity contribution in [3.05, 3.63) is 0 Å². The molecule has 27 heavy (non-hydrogen) atoms. The van der Waals surface area contributed by atoms with Gasteiger partial charge in [-0.15, -0.1) is 0 Å². The van der Waals surface area contributed by atoms with E-state index < -0.39 is 0 Å². The Labute approximate surface area is 170 Å². The third-order valence-electron chi connectivity index (χ3n) is 13.2. The van der Waals surface area contributed by atoms with E-state index in [1.54, 1.807) is 0 Å². The van der Waals surface area contributed by atoms with E-state index >= 15 is 0 Å². The molecule has 5 atom stereocenters. The van der Waals surface area contributed by atoms with Crippen molar-refractivity contribution in [1.29, 1.82) is 0 Å². The van der Waals surface area contributed by atoms with Crippen molar-refractivity contribution >= 4 is 0 Å². The van der Waals surface area contributed by atoms with Gasteiger partial charge in [-0.3, -0.25) is 0 Å². The number of hydrogen-bond donors (Lipinski definition) is 0. The molecule has 0 heteroatoms. The van der Waals surface area contributed by atoms with Gasteiger partial charge in [0.1, 0.15) is 0 Å². The minimum Gasteiger partial charge on any atom is -0.0683 e. The Kier molecular flexibility index (Phi) is 3.76. The lowest BCUT2D eigenvalue weighted by Crippen LogP contribution is -3.09. The molecule has 0 aromatic carbocycles. The highest BCUT2D eigenvalue weighted by molar-refractivity contribution is 5.54. The first-order chi connectivity index (χ1) is 12.3. The van der Waals surface area contributed by atoms with E-state index in [1.165, 1.54) is 42.9 Å². The average Bonchev–Trinajstić information content (AvgIpc) is 2.61. The van der Waals surface area contributed by atoms with Gasteiger partial charge in [-0.2, -0.15) is 0 Å². The second kappa shape index (κ2) is 5.00. The lowest BCUT2D eigenvalue weighted by molar-refractivity contribution is -0.659. The predicted octanol–water partition coefficient (Wildman–Crippen LogP) is 8.07. The van der Waals surface area contributed by atoms with E-state index in [0.717, 1.165) is 22.7 Å². The first-order valence-corrected chi connectivity index (χ1v) is 12.3.